The van der Waals surface area contributed by atoms with Crippen molar-refractivity contribution in [2.75, 3.05) is 0 Å². The van der Waals surface area contributed by atoms with Crippen molar-refractivity contribution in [1.82, 2.24) is 4.57 Å². The van der Waals surface area contributed by atoms with E-state index < -0.39 is 0 Å². The van der Waals surface area contributed by atoms with Gasteiger partial charge in [0.05, 0.1) is 16.8 Å². The Morgan fingerprint density at radius 1 is 0.906 bits per heavy atom. The fourth-order valence-electron chi connectivity index (χ4n) is 4.47. The number of ketones is 1. The van der Waals surface area contributed by atoms with Gasteiger partial charge in [-0.1, -0.05) is 82.2 Å². The number of hydrogen-bond donors (Lipinski definition) is 1. The molecule has 0 saturated carbocycles. The molecule has 0 spiro atoms. The molecular weight excluding hydrogens is 400 g/mol. The van der Waals surface area contributed by atoms with Crippen LogP contribution in [-0.4, -0.2) is 27.1 Å². The van der Waals surface area contributed by atoms with Crippen molar-refractivity contribution in [1.29, 1.82) is 0 Å². The van der Waals surface area contributed by atoms with Gasteiger partial charge in [0.25, 0.3) is 0 Å². The molecule has 0 bridgehead atoms. The number of hydrogen-bond acceptors (Lipinski definition) is 4. The maximum Gasteiger partial charge on any atom is 0.233 e. The highest BCUT2D eigenvalue weighted by molar-refractivity contribution is 6.56. The van der Waals surface area contributed by atoms with Crippen molar-refractivity contribution in [3.63, 3.8) is 0 Å². The molecule has 0 aliphatic carbocycles. The number of aromatic nitrogens is 1. The normalized spacial score (nSPS) is 12.9. The number of carbonyl (C=O) groups is 2. The fourth-order valence-corrected chi connectivity index (χ4v) is 4.47. The minimum atomic E-state index is -0.227. The summed E-state index contributed by atoms with van der Waals surface area (Å²) in [6.07, 6.45) is 9.57. The summed E-state index contributed by atoms with van der Waals surface area (Å²) in [6, 6.07) is 14.4. The first kappa shape index (κ1) is 22.0. The van der Waals surface area contributed by atoms with E-state index in [-0.39, 0.29) is 23.3 Å². The van der Waals surface area contributed by atoms with Gasteiger partial charge in [0.15, 0.2) is 0 Å². The van der Waals surface area contributed by atoms with Crippen LogP contribution in [0.4, 0.5) is 5.69 Å². The molecule has 2 aromatic carbocycles. The zero-order valence-corrected chi connectivity index (χ0v) is 18.6. The minimum Gasteiger partial charge on any atom is -0.494 e. The van der Waals surface area contributed by atoms with Crippen molar-refractivity contribution in [2.24, 2.45) is 4.99 Å². The van der Waals surface area contributed by atoms with Crippen LogP contribution in [0.1, 0.15) is 85.4 Å². The number of aliphatic imine (C=N–C) groups is 1. The van der Waals surface area contributed by atoms with E-state index in [2.05, 4.69) is 11.9 Å². The number of nitrogens with zero attached hydrogens (tertiary/aromatic N) is 2. The summed E-state index contributed by atoms with van der Waals surface area (Å²) in [5.41, 5.74) is 2.25. The number of benzene rings is 2. The molecule has 0 saturated heterocycles. The van der Waals surface area contributed by atoms with E-state index in [4.69, 9.17) is 0 Å². The summed E-state index contributed by atoms with van der Waals surface area (Å²) in [4.78, 5) is 30.5. The van der Waals surface area contributed by atoms with Crippen LogP contribution >= 0.6 is 0 Å². The average molecular weight is 431 g/mol. The Labute approximate surface area is 188 Å². The van der Waals surface area contributed by atoms with Gasteiger partial charge in [0.1, 0.15) is 5.71 Å². The van der Waals surface area contributed by atoms with Crippen molar-refractivity contribution < 1.29 is 14.7 Å². The Morgan fingerprint density at radius 3 is 2.31 bits per heavy atom. The van der Waals surface area contributed by atoms with Crippen LogP contribution in [0.3, 0.4) is 0 Å². The number of para-hydroxylation sites is 2. The molecule has 1 aliphatic rings. The van der Waals surface area contributed by atoms with Crippen LogP contribution in [0.15, 0.2) is 53.5 Å². The Balaban J connectivity index is 1.53. The van der Waals surface area contributed by atoms with Crippen LogP contribution in [0.25, 0.3) is 10.9 Å². The maximum atomic E-state index is 13.1. The molecule has 166 valence electrons. The lowest BCUT2D eigenvalue weighted by molar-refractivity contribution is 0.0894. The van der Waals surface area contributed by atoms with Gasteiger partial charge in [-0.15, -0.1) is 0 Å². The monoisotopic (exact) mass is 430 g/mol. The standard InChI is InChI=1S/C27H30N2O3/c1-2-3-4-5-6-7-8-9-18-23(30)29-22-17-13-11-15-20(22)24(27(29)32)25-26(31)19-14-10-12-16-21(19)28-25/h10-17,32H,2-9,18H2,1H3. The van der Waals surface area contributed by atoms with Crippen LogP contribution in [-0.2, 0) is 0 Å². The molecule has 0 radical (unpaired) electrons. The number of Topliss-reactive ketones (excluding diaryl/α,β-unsaturated/α-hetero) is 1. The Kier molecular flexibility index (Phi) is 6.84. The Hall–Kier alpha value is -3.21. The number of aromatic hydroxyl groups is 1. The first-order valence-electron chi connectivity index (χ1n) is 11.7. The van der Waals surface area contributed by atoms with E-state index in [0.29, 0.717) is 34.1 Å². The molecule has 5 nitrogen and oxygen atoms in total. The molecule has 1 N–H and O–H groups in total. The molecule has 0 amide bonds. The molecule has 1 aromatic heterocycles. The van der Waals surface area contributed by atoms with E-state index in [1.807, 2.05) is 24.3 Å². The third kappa shape index (κ3) is 4.24. The van der Waals surface area contributed by atoms with Crippen LogP contribution in [0, 0.1) is 0 Å². The Morgan fingerprint density at radius 2 is 1.56 bits per heavy atom. The maximum absolute atomic E-state index is 13.1. The van der Waals surface area contributed by atoms with Gasteiger partial charge in [-0.3, -0.25) is 9.59 Å². The quantitative estimate of drug-likeness (QED) is 0.358. The summed E-state index contributed by atoms with van der Waals surface area (Å²) in [7, 11) is 0. The van der Waals surface area contributed by atoms with E-state index in [9.17, 15) is 14.7 Å². The van der Waals surface area contributed by atoms with Gasteiger partial charge in [-0.2, -0.15) is 0 Å². The zero-order valence-electron chi connectivity index (χ0n) is 18.6. The summed E-state index contributed by atoms with van der Waals surface area (Å²) in [5, 5.41) is 11.7. The Bertz CT molecular complexity index is 1170. The molecule has 3 aromatic rings. The minimum absolute atomic E-state index is 0.153. The van der Waals surface area contributed by atoms with Gasteiger partial charge in [-0.25, -0.2) is 9.56 Å². The molecule has 1 aliphatic heterocycles. The topological polar surface area (TPSA) is 71.7 Å². The molecule has 0 unspecified atom stereocenters. The van der Waals surface area contributed by atoms with E-state index in [0.717, 1.165) is 19.3 Å². The number of fused-ring (bicyclic) bond motifs is 2. The smallest absolute Gasteiger partial charge is 0.233 e. The average Bonchev–Trinajstić information content (AvgIpc) is 3.28. The van der Waals surface area contributed by atoms with Crippen LogP contribution in [0.2, 0.25) is 0 Å². The van der Waals surface area contributed by atoms with E-state index >= 15 is 0 Å². The van der Waals surface area contributed by atoms with Gasteiger partial charge in [-0.05, 0) is 24.6 Å². The van der Waals surface area contributed by atoms with Crippen LogP contribution < -0.4 is 0 Å². The number of unbranched alkanes of at least 4 members (excludes halogenated alkanes) is 7. The summed E-state index contributed by atoms with van der Waals surface area (Å²) >= 11 is 0. The highest BCUT2D eigenvalue weighted by atomic mass is 16.3. The van der Waals surface area contributed by atoms with Crippen molar-refractivity contribution in [3.8, 4) is 5.88 Å². The van der Waals surface area contributed by atoms with Crippen LogP contribution in [0.5, 0.6) is 5.88 Å². The largest absolute Gasteiger partial charge is 0.494 e. The van der Waals surface area contributed by atoms with Gasteiger partial charge in [0, 0.05) is 17.4 Å². The third-order valence-electron chi connectivity index (χ3n) is 6.18. The van der Waals surface area contributed by atoms with Crippen molar-refractivity contribution in [3.05, 3.63) is 59.7 Å². The molecular formula is C27H30N2O3. The van der Waals surface area contributed by atoms with Crippen molar-refractivity contribution in [2.45, 2.75) is 64.7 Å². The lowest BCUT2D eigenvalue weighted by Crippen LogP contribution is -2.13. The second kappa shape index (κ2) is 9.94. The summed E-state index contributed by atoms with van der Waals surface area (Å²) in [5.74, 6) is -0.579. The van der Waals surface area contributed by atoms with Gasteiger partial charge < -0.3 is 5.11 Å². The first-order chi connectivity index (χ1) is 15.6. The molecule has 5 heteroatoms. The fraction of sp³-hybridized carbons (Fsp3) is 0.370. The molecule has 0 fully saturated rings. The SMILES string of the molecule is CCCCCCCCCCC(=O)n1c(O)c(C2=Nc3ccccc3C2=O)c2ccccc21. The summed E-state index contributed by atoms with van der Waals surface area (Å²) < 4.78 is 1.35. The van der Waals surface area contributed by atoms with Gasteiger partial charge in [0.2, 0.25) is 17.6 Å². The zero-order chi connectivity index (χ0) is 22.5. The highest BCUT2D eigenvalue weighted by Gasteiger charge is 2.32. The lowest BCUT2D eigenvalue weighted by atomic mass is 10.0. The number of rotatable bonds is 10. The van der Waals surface area contributed by atoms with E-state index in [1.54, 1.807) is 24.3 Å². The second-order valence-corrected chi connectivity index (χ2v) is 8.48. The predicted molar refractivity (Wildman–Crippen MR) is 128 cm³/mol. The van der Waals surface area contributed by atoms with Crippen molar-refractivity contribution >= 4 is 34.0 Å². The molecule has 4 rings (SSSR count). The highest BCUT2D eigenvalue weighted by Crippen LogP contribution is 2.37. The van der Waals surface area contributed by atoms with Gasteiger partial charge >= 0.3 is 0 Å². The van der Waals surface area contributed by atoms with E-state index in [1.165, 1.54) is 36.7 Å². The second-order valence-electron chi connectivity index (χ2n) is 8.48. The summed E-state index contributed by atoms with van der Waals surface area (Å²) in [6.45, 7) is 2.21. The number of carbonyl (C=O) groups excluding carboxylic acids is 2. The molecule has 2 heterocycles. The lowest BCUT2D eigenvalue weighted by Gasteiger charge is -2.06. The predicted octanol–water partition coefficient (Wildman–Crippen LogP) is 6.84. The molecule has 32 heavy (non-hydrogen) atoms. The first-order valence-corrected chi connectivity index (χ1v) is 11.7. The third-order valence-corrected chi connectivity index (χ3v) is 6.18. The molecule has 0 atom stereocenters.